The number of hydrogen-bond acceptors (Lipinski definition) is 0. The molecule has 2 aliphatic carbocycles. The molecule has 4 unspecified atom stereocenters. The molecule has 2 aliphatic rings. The Bertz CT molecular complexity index is 1350. The second-order valence-corrected chi connectivity index (χ2v) is 14.4. The maximum Gasteiger partial charge on any atom is 0.0245 e. The molecule has 0 heterocycles. The van der Waals surface area contributed by atoms with Crippen molar-refractivity contribution in [2.24, 2.45) is 17.8 Å². The quantitative estimate of drug-likeness (QED) is 0.131. The predicted octanol–water partition coefficient (Wildman–Crippen LogP) is 14.2. The van der Waals surface area contributed by atoms with Gasteiger partial charge >= 0.3 is 0 Å². The van der Waals surface area contributed by atoms with E-state index in [0.29, 0.717) is 5.41 Å². The lowest BCUT2D eigenvalue weighted by Gasteiger charge is -2.26. The van der Waals surface area contributed by atoms with Crippen LogP contribution in [-0.2, 0) is 5.41 Å². The fourth-order valence-corrected chi connectivity index (χ4v) is 6.72. The molecular weight excluding hydrogens is 565 g/mol. The summed E-state index contributed by atoms with van der Waals surface area (Å²) in [6.07, 6.45) is 26.8. The largest absolute Gasteiger partial charge is 0.115 e. The Kier molecular flexibility index (Phi) is 19.8. The number of fused-ring (bicyclic) bond motifs is 1. The Morgan fingerprint density at radius 1 is 1.04 bits per heavy atom. The zero-order chi connectivity index (χ0) is 35.4. The number of terminal acetylenes is 1. The molecule has 2 aromatic rings. The van der Waals surface area contributed by atoms with E-state index in [0.717, 1.165) is 29.7 Å². The molecule has 0 aliphatic heterocycles. The second kappa shape index (κ2) is 22.3. The third-order valence-electron chi connectivity index (χ3n) is 9.69. The molecule has 2 fully saturated rings. The van der Waals surface area contributed by atoms with E-state index in [9.17, 15) is 0 Å². The van der Waals surface area contributed by atoms with Crippen molar-refractivity contribution in [1.29, 1.82) is 0 Å². The summed E-state index contributed by atoms with van der Waals surface area (Å²) in [6.45, 7) is 30.9. The van der Waals surface area contributed by atoms with Crippen LogP contribution in [0.25, 0.3) is 0 Å². The van der Waals surface area contributed by atoms with Gasteiger partial charge in [0.05, 0.1) is 0 Å². The number of benzene rings is 2. The van der Waals surface area contributed by atoms with Crippen LogP contribution in [0.3, 0.4) is 0 Å². The first-order chi connectivity index (χ1) is 22.4. The van der Waals surface area contributed by atoms with Crippen LogP contribution in [0.2, 0.25) is 0 Å². The minimum atomic E-state index is 0.513. The highest BCUT2D eigenvalue weighted by molar-refractivity contribution is 5.42. The van der Waals surface area contributed by atoms with Crippen LogP contribution in [0.5, 0.6) is 0 Å². The van der Waals surface area contributed by atoms with E-state index in [4.69, 9.17) is 6.42 Å². The summed E-state index contributed by atoms with van der Waals surface area (Å²) in [5.74, 6) is 5.51. The standard InChI is InChI=1S/C18H30.C16H18.C9H12.C4H8/c1-6-11-17(9-4)15-10-14-16(5)18(12-7-2)13-8-3;1-3-13-5-4-6-14(10-13)16-8-7-12(2)9-15(16)11-16;1-7-4-5-8(2)9(3)6-7;1-4(2)3/h7-8,12-13,17H,2,5-6,9-11,14-15H2,1,3-4H3;1,4-6,10,12,15H,7-9,11H2,2H3;4-6H,1-3H3;1H2,2-3H3/b13-8-,18-12+;;;. The van der Waals surface area contributed by atoms with Crippen molar-refractivity contribution in [2.45, 2.75) is 132 Å². The summed E-state index contributed by atoms with van der Waals surface area (Å²) in [4.78, 5) is 0. The monoisotopic (exact) mass is 633 g/mol. The van der Waals surface area contributed by atoms with E-state index in [-0.39, 0.29) is 0 Å². The zero-order valence-corrected chi connectivity index (χ0v) is 31.9. The van der Waals surface area contributed by atoms with Crippen LogP contribution in [-0.4, -0.2) is 0 Å². The minimum Gasteiger partial charge on any atom is -0.115 e. The third-order valence-corrected chi connectivity index (χ3v) is 9.69. The molecule has 256 valence electrons. The van der Waals surface area contributed by atoms with E-state index >= 15 is 0 Å². The summed E-state index contributed by atoms with van der Waals surface area (Å²) in [7, 11) is 0. The maximum atomic E-state index is 5.48. The van der Waals surface area contributed by atoms with Crippen LogP contribution in [0.4, 0.5) is 0 Å². The third kappa shape index (κ3) is 15.4. The Labute approximate surface area is 292 Å². The summed E-state index contributed by atoms with van der Waals surface area (Å²) < 4.78 is 0. The highest BCUT2D eigenvalue weighted by atomic mass is 14.6. The van der Waals surface area contributed by atoms with E-state index in [1.54, 1.807) is 0 Å². The minimum absolute atomic E-state index is 0.513. The molecule has 0 heteroatoms. The van der Waals surface area contributed by atoms with Crippen LogP contribution in [0.15, 0.2) is 103 Å². The first-order valence-electron chi connectivity index (χ1n) is 18.2. The van der Waals surface area contributed by atoms with Gasteiger partial charge in [-0.05, 0) is 143 Å². The van der Waals surface area contributed by atoms with Gasteiger partial charge in [-0.15, -0.1) is 13.0 Å². The van der Waals surface area contributed by atoms with E-state index in [1.807, 2.05) is 39.0 Å². The van der Waals surface area contributed by atoms with Crippen LogP contribution in [0.1, 0.15) is 134 Å². The van der Waals surface area contributed by atoms with Gasteiger partial charge < -0.3 is 0 Å². The number of aryl methyl sites for hydroxylation is 3. The molecule has 4 atom stereocenters. The topological polar surface area (TPSA) is 0 Å². The molecule has 47 heavy (non-hydrogen) atoms. The molecule has 0 nitrogen and oxygen atoms in total. The molecule has 0 N–H and O–H groups in total. The van der Waals surface area contributed by atoms with Crippen molar-refractivity contribution in [3.8, 4) is 12.3 Å². The molecule has 0 radical (unpaired) electrons. The van der Waals surface area contributed by atoms with Gasteiger partial charge in [0.15, 0.2) is 0 Å². The van der Waals surface area contributed by atoms with Gasteiger partial charge in [0.2, 0.25) is 0 Å². The average molecular weight is 633 g/mol. The fraction of sp³-hybridized carbons (Fsp3) is 0.489. The normalized spacial score (nSPS) is 20.0. The molecule has 0 aromatic heterocycles. The van der Waals surface area contributed by atoms with E-state index in [1.165, 1.54) is 96.8 Å². The Morgan fingerprint density at radius 3 is 2.28 bits per heavy atom. The predicted molar refractivity (Wildman–Crippen MR) is 213 cm³/mol. The van der Waals surface area contributed by atoms with Gasteiger partial charge in [-0.3, -0.25) is 0 Å². The number of rotatable bonds is 11. The molecule has 4 rings (SSSR count). The van der Waals surface area contributed by atoms with Gasteiger partial charge in [0.1, 0.15) is 0 Å². The van der Waals surface area contributed by atoms with Gasteiger partial charge in [-0.1, -0.05) is 131 Å². The molecule has 0 spiro atoms. The van der Waals surface area contributed by atoms with E-state index < -0.39 is 0 Å². The van der Waals surface area contributed by atoms with Crippen LogP contribution < -0.4 is 0 Å². The van der Waals surface area contributed by atoms with Crippen molar-refractivity contribution in [3.63, 3.8) is 0 Å². The molecular formula is C47H68. The van der Waals surface area contributed by atoms with Crippen molar-refractivity contribution in [1.82, 2.24) is 0 Å². The van der Waals surface area contributed by atoms with Crippen LogP contribution in [0, 0.1) is 50.9 Å². The lowest BCUT2D eigenvalue weighted by Crippen LogP contribution is -2.18. The van der Waals surface area contributed by atoms with Crippen molar-refractivity contribution in [3.05, 3.63) is 131 Å². The first-order valence-corrected chi connectivity index (χ1v) is 18.2. The van der Waals surface area contributed by atoms with Crippen molar-refractivity contribution >= 4 is 0 Å². The smallest absolute Gasteiger partial charge is 0.0245 e. The number of hydrogen-bond donors (Lipinski definition) is 0. The molecule has 0 bridgehead atoms. The second-order valence-electron chi connectivity index (χ2n) is 14.4. The van der Waals surface area contributed by atoms with Crippen molar-refractivity contribution in [2.75, 3.05) is 0 Å². The fourth-order valence-electron chi connectivity index (χ4n) is 6.72. The molecule has 2 aromatic carbocycles. The molecule has 0 amide bonds. The molecule has 2 saturated carbocycles. The first kappa shape index (κ1) is 41.7. The highest BCUT2D eigenvalue weighted by Crippen LogP contribution is 2.63. The highest BCUT2D eigenvalue weighted by Gasteiger charge is 2.56. The van der Waals surface area contributed by atoms with Gasteiger partial charge in [-0.2, -0.15) is 0 Å². The van der Waals surface area contributed by atoms with Gasteiger partial charge in [0, 0.05) is 5.56 Å². The maximum absolute atomic E-state index is 5.48. The number of allylic oxidation sites excluding steroid dienone is 7. The van der Waals surface area contributed by atoms with Crippen LogP contribution >= 0.6 is 0 Å². The Balaban J connectivity index is 0.000000346. The summed E-state index contributed by atoms with van der Waals surface area (Å²) in [5.41, 5.74) is 10.8. The molecule has 0 saturated heterocycles. The Hall–Kier alpha value is -3.30. The summed E-state index contributed by atoms with van der Waals surface area (Å²) in [5, 5.41) is 0. The van der Waals surface area contributed by atoms with Gasteiger partial charge in [-0.25, -0.2) is 0 Å². The summed E-state index contributed by atoms with van der Waals surface area (Å²) in [6, 6.07) is 15.2. The Morgan fingerprint density at radius 2 is 1.74 bits per heavy atom. The summed E-state index contributed by atoms with van der Waals surface area (Å²) >= 11 is 0. The lowest BCUT2D eigenvalue weighted by molar-refractivity contribution is 0.337. The zero-order valence-electron chi connectivity index (χ0n) is 31.9. The van der Waals surface area contributed by atoms with E-state index in [2.05, 4.69) is 116 Å². The average Bonchev–Trinajstić information content (AvgIpc) is 3.77. The van der Waals surface area contributed by atoms with Gasteiger partial charge in [0.25, 0.3) is 0 Å². The lowest BCUT2D eigenvalue weighted by atomic mass is 9.78. The van der Waals surface area contributed by atoms with Crippen molar-refractivity contribution < 1.29 is 0 Å². The SMILES string of the molecule is C#Cc1cccc(C23CCC(C)CC2C3)c1.C=C(C)C.C=C/C=C(\C=C/C)C(=C)CCCC(CC)CCC.Cc1ccc(C)c(C)c1.